The van der Waals surface area contributed by atoms with Gasteiger partial charge in [-0.25, -0.2) is 0 Å². The lowest BCUT2D eigenvalue weighted by atomic mass is 9.70. The first kappa shape index (κ1) is 28.6. The number of allylic oxidation sites excluding steroid dienone is 2. The monoisotopic (exact) mass is 504 g/mol. The van der Waals surface area contributed by atoms with Crippen LogP contribution in [0.2, 0.25) is 0 Å². The zero-order chi connectivity index (χ0) is 26.1. The summed E-state index contributed by atoms with van der Waals surface area (Å²) in [4.78, 5) is 12.2. The van der Waals surface area contributed by atoms with Crippen molar-refractivity contribution < 1.29 is 54.4 Å². The summed E-state index contributed by atoms with van der Waals surface area (Å²) in [7, 11) is 0. The summed E-state index contributed by atoms with van der Waals surface area (Å²) in [5.74, 6) is 0.160. The number of hydrogen-bond acceptors (Lipinski definition) is 11. The number of carbonyl (C=O) groups is 1. The molecular formula is C24H40O11. The topological polar surface area (TPSA) is 175 Å². The third-order valence-corrected chi connectivity index (χ3v) is 7.42. The average Bonchev–Trinajstić information content (AvgIpc) is 3.09. The van der Waals surface area contributed by atoms with E-state index in [1.54, 1.807) is 6.92 Å². The van der Waals surface area contributed by atoms with Gasteiger partial charge in [0.05, 0.1) is 19.3 Å². The zero-order valence-corrected chi connectivity index (χ0v) is 20.7. The molecule has 10 atom stereocenters. The van der Waals surface area contributed by atoms with Crippen molar-refractivity contribution >= 4 is 5.78 Å². The summed E-state index contributed by atoms with van der Waals surface area (Å²) in [6, 6.07) is 0. The van der Waals surface area contributed by atoms with Crippen molar-refractivity contribution in [3.05, 3.63) is 11.1 Å². The molecule has 1 aliphatic carbocycles. The Morgan fingerprint density at radius 3 is 2.20 bits per heavy atom. The molecule has 3 aliphatic rings. The molecule has 11 heteroatoms. The summed E-state index contributed by atoms with van der Waals surface area (Å²) in [6.07, 6.45) is -9.85. The van der Waals surface area contributed by atoms with Gasteiger partial charge < -0.3 is 49.6 Å². The van der Waals surface area contributed by atoms with Crippen LogP contribution in [0.15, 0.2) is 11.1 Å². The van der Waals surface area contributed by atoms with E-state index >= 15 is 0 Å². The highest BCUT2D eigenvalue weighted by atomic mass is 16.7. The van der Waals surface area contributed by atoms with E-state index in [0.29, 0.717) is 19.3 Å². The number of ketones is 1. The number of carbonyl (C=O) groups excluding carboxylic acids is 1. The van der Waals surface area contributed by atoms with Crippen LogP contribution >= 0.6 is 0 Å². The Morgan fingerprint density at radius 2 is 1.57 bits per heavy atom. The van der Waals surface area contributed by atoms with Gasteiger partial charge in [0.25, 0.3) is 0 Å². The molecule has 11 nitrogen and oxygen atoms in total. The standard InChI is InChI=1S/C24H40O11/c1-11(5-6-13-12(2)14(26)7-8-24(13,3)4)33-23-21(31)19(29)18(28)16(35-23)10-32-22-20(30)17(27)15(9-25)34-22/h11,15-23,25,27-31H,5-10H2,1-4H3. The lowest BCUT2D eigenvalue weighted by molar-refractivity contribution is -0.318. The van der Waals surface area contributed by atoms with E-state index in [1.165, 1.54) is 0 Å². The third kappa shape index (κ3) is 6.30. The molecule has 6 N–H and O–H groups in total. The number of aliphatic hydroxyl groups excluding tert-OH is 6. The van der Waals surface area contributed by atoms with Crippen molar-refractivity contribution in [1.82, 2.24) is 0 Å². The van der Waals surface area contributed by atoms with Gasteiger partial charge in [0.1, 0.15) is 42.7 Å². The van der Waals surface area contributed by atoms with Crippen LogP contribution in [-0.4, -0.2) is 111 Å². The van der Waals surface area contributed by atoms with Crippen molar-refractivity contribution in [2.75, 3.05) is 13.2 Å². The maximum Gasteiger partial charge on any atom is 0.186 e. The Hall–Kier alpha value is -0.990. The summed E-state index contributed by atoms with van der Waals surface area (Å²) < 4.78 is 22.2. The molecule has 0 amide bonds. The molecule has 2 aliphatic heterocycles. The van der Waals surface area contributed by atoms with Gasteiger partial charge in [-0.1, -0.05) is 19.4 Å². The molecule has 0 radical (unpaired) electrons. The van der Waals surface area contributed by atoms with Crippen molar-refractivity contribution in [1.29, 1.82) is 0 Å². The predicted octanol–water partition coefficient (Wildman–Crippen LogP) is -0.859. The molecule has 202 valence electrons. The fraction of sp³-hybridized carbons (Fsp3) is 0.875. The molecule has 0 bridgehead atoms. The molecule has 2 fully saturated rings. The highest BCUT2D eigenvalue weighted by molar-refractivity contribution is 5.96. The summed E-state index contributed by atoms with van der Waals surface area (Å²) in [5, 5.41) is 60.1. The van der Waals surface area contributed by atoms with Crippen LogP contribution in [0.1, 0.15) is 53.4 Å². The largest absolute Gasteiger partial charge is 0.394 e. The molecule has 2 saturated heterocycles. The Morgan fingerprint density at radius 1 is 0.971 bits per heavy atom. The van der Waals surface area contributed by atoms with Gasteiger partial charge in [0, 0.05) is 6.42 Å². The van der Waals surface area contributed by atoms with Crippen LogP contribution in [0.5, 0.6) is 0 Å². The number of Topliss-reactive ketones (excluding diaryl/α,β-unsaturated/α-hetero) is 1. The minimum Gasteiger partial charge on any atom is -0.394 e. The van der Waals surface area contributed by atoms with Gasteiger partial charge in [0.15, 0.2) is 18.4 Å². The van der Waals surface area contributed by atoms with E-state index in [4.69, 9.17) is 18.9 Å². The van der Waals surface area contributed by atoms with Gasteiger partial charge in [-0.05, 0) is 44.1 Å². The number of rotatable bonds is 9. The Labute approximate surface area is 205 Å². The van der Waals surface area contributed by atoms with E-state index in [0.717, 1.165) is 17.6 Å². The van der Waals surface area contributed by atoms with Crippen LogP contribution in [0.4, 0.5) is 0 Å². The van der Waals surface area contributed by atoms with E-state index in [9.17, 15) is 35.4 Å². The first-order chi connectivity index (χ1) is 16.4. The third-order valence-electron chi connectivity index (χ3n) is 7.42. The molecule has 3 rings (SSSR count). The minimum atomic E-state index is -1.57. The van der Waals surface area contributed by atoms with Crippen molar-refractivity contribution in [3.63, 3.8) is 0 Å². The number of hydrogen-bond donors (Lipinski definition) is 6. The average molecular weight is 505 g/mol. The maximum atomic E-state index is 12.2. The maximum absolute atomic E-state index is 12.2. The molecular weight excluding hydrogens is 464 g/mol. The van der Waals surface area contributed by atoms with Gasteiger partial charge >= 0.3 is 0 Å². The molecule has 0 aromatic carbocycles. The molecule has 0 saturated carbocycles. The summed E-state index contributed by atoms with van der Waals surface area (Å²) >= 11 is 0. The molecule has 10 unspecified atom stereocenters. The number of aliphatic hydroxyl groups is 6. The van der Waals surface area contributed by atoms with Gasteiger partial charge in [-0.2, -0.15) is 0 Å². The Bertz CT molecular complexity index is 769. The first-order valence-corrected chi connectivity index (χ1v) is 12.2. The molecule has 0 aromatic rings. The quantitative estimate of drug-likeness (QED) is 0.230. The summed E-state index contributed by atoms with van der Waals surface area (Å²) in [6.45, 7) is 7.04. The predicted molar refractivity (Wildman–Crippen MR) is 121 cm³/mol. The Balaban J connectivity index is 1.57. The van der Waals surface area contributed by atoms with Crippen molar-refractivity contribution in [2.24, 2.45) is 5.41 Å². The van der Waals surface area contributed by atoms with Crippen molar-refractivity contribution in [2.45, 2.75) is 115 Å². The molecule has 0 aromatic heterocycles. The first-order valence-electron chi connectivity index (χ1n) is 12.2. The minimum absolute atomic E-state index is 0.0865. The fourth-order valence-corrected chi connectivity index (χ4v) is 4.97. The summed E-state index contributed by atoms with van der Waals surface area (Å²) in [5.41, 5.74) is 1.80. The second kappa shape index (κ2) is 11.6. The van der Waals surface area contributed by atoms with E-state index in [1.807, 2.05) is 6.92 Å². The van der Waals surface area contributed by atoms with Crippen LogP contribution < -0.4 is 0 Å². The Kier molecular flexibility index (Phi) is 9.47. The van der Waals surface area contributed by atoms with Crippen LogP contribution in [0.25, 0.3) is 0 Å². The van der Waals surface area contributed by atoms with Crippen LogP contribution in [0, 0.1) is 5.41 Å². The highest BCUT2D eigenvalue weighted by Gasteiger charge is 2.47. The van der Waals surface area contributed by atoms with Gasteiger partial charge in [0.2, 0.25) is 0 Å². The van der Waals surface area contributed by atoms with Gasteiger partial charge in [-0.15, -0.1) is 0 Å². The lowest BCUT2D eigenvalue weighted by Gasteiger charge is -2.41. The van der Waals surface area contributed by atoms with E-state index in [-0.39, 0.29) is 17.8 Å². The van der Waals surface area contributed by atoms with E-state index < -0.39 is 68.0 Å². The second-order valence-corrected chi connectivity index (χ2v) is 10.5. The lowest BCUT2D eigenvalue weighted by Crippen LogP contribution is -2.60. The fourth-order valence-electron chi connectivity index (χ4n) is 4.97. The molecule has 2 heterocycles. The molecule has 0 spiro atoms. The SMILES string of the molecule is CC1=C(CCC(C)OC2OC(COC3OC(CO)C(O)C3O)C(O)C(O)C2O)C(C)(C)CCC1=O. The highest BCUT2D eigenvalue weighted by Crippen LogP contribution is 2.41. The van der Waals surface area contributed by atoms with E-state index in [2.05, 4.69) is 13.8 Å². The zero-order valence-electron chi connectivity index (χ0n) is 20.7. The smallest absolute Gasteiger partial charge is 0.186 e. The second-order valence-electron chi connectivity index (χ2n) is 10.5. The number of ether oxygens (including phenoxy) is 4. The normalized spacial score (nSPS) is 40.9. The molecule has 35 heavy (non-hydrogen) atoms. The van der Waals surface area contributed by atoms with Crippen LogP contribution in [-0.2, 0) is 23.7 Å². The van der Waals surface area contributed by atoms with Crippen molar-refractivity contribution in [3.8, 4) is 0 Å². The van der Waals surface area contributed by atoms with Crippen LogP contribution in [0.3, 0.4) is 0 Å². The van der Waals surface area contributed by atoms with Gasteiger partial charge in [-0.3, -0.25) is 4.79 Å².